The number of halogens is 1. The van der Waals surface area contributed by atoms with E-state index in [2.05, 4.69) is 589 Å². The molecule has 144 heavy (non-hydrogen) atoms. The van der Waals surface area contributed by atoms with E-state index in [-0.39, 0.29) is 8.85 Å². The van der Waals surface area contributed by atoms with E-state index in [9.17, 15) is 0 Å². The van der Waals surface area contributed by atoms with Crippen LogP contribution in [-0.2, 0) is 17.3 Å². The first kappa shape index (κ1) is 87.7. The minimum absolute atomic E-state index is 0. The summed E-state index contributed by atoms with van der Waals surface area (Å²) < 4.78 is 1.13. The quantitative estimate of drug-likeness (QED) is 0.114. The number of fused-ring (bicyclic) bond motifs is 26. The molecule has 2 aliphatic carbocycles. The molecule has 0 atom stereocenters. The van der Waals surface area contributed by atoms with Gasteiger partial charge in [-0.2, -0.15) is 0 Å². The van der Waals surface area contributed by atoms with Crippen molar-refractivity contribution in [2.45, 2.75) is 24.7 Å². The van der Waals surface area contributed by atoms with Crippen LogP contribution in [0.15, 0.2) is 563 Å². The molecular formula is C140H100BrN3. The van der Waals surface area contributed by atoms with E-state index in [1.54, 1.807) is 0 Å². The summed E-state index contributed by atoms with van der Waals surface area (Å²) in [6.45, 7) is 0. The highest BCUT2D eigenvalue weighted by atomic mass is 79.9. The van der Waals surface area contributed by atoms with Gasteiger partial charge in [-0.05, 0) is 274 Å². The Kier molecular flexibility index (Phi) is 22.6. The number of benzene rings is 24. The molecule has 2 spiro atoms. The maximum absolute atomic E-state index is 4.01. The number of hydrogen-bond acceptors (Lipinski definition) is 3. The van der Waals surface area contributed by atoms with E-state index >= 15 is 0 Å². The average Bonchev–Trinajstić information content (AvgIpc) is 1.50. The highest BCUT2D eigenvalue weighted by Gasteiger charge is 2.55. The first-order valence-corrected chi connectivity index (χ1v) is 50.2. The van der Waals surface area contributed by atoms with E-state index in [4.69, 9.17) is 0 Å². The van der Waals surface area contributed by atoms with Crippen molar-refractivity contribution in [2.24, 2.45) is 0 Å². The Hall–Kier alpha value is -17.8. The lowest BCUT2D eigenvalue weighted by Gasteiger charge is -2.45. The van der Waals surface area contributed by atoms with Crippen LogP contribution in [0.5, 0.6) is 0 Å². The van der Waals surface area contributed by atoms with Crippen LogP contribution in [0.4, 0.5) is 51.2 Å². The summed E-state index contributed by atoms with van der Waals surface area (Å²) in [4.78, 5) is 7.39. The molecular weight excluding hydrogens is 1800 g/mol. The van der Waals surface area contributed by atoms with E-state index in [0.29, 0.717) is 0 Å². The monoisotopic (exact) mass is 1900 g/mol. The summed E-state index contributed by atoms with van der Waals surface area (Å²) in [5, 5.41) is 10.0. The summed E-state index contributed by atoms with van der Waals surface area (Å²) in [5.41, 5.74) is 42.3. The van der Waals surface area contributed by atoms with Crippen LogP contribution in [0.3, 0.4) is 0 Å². The van der Waals surface area contributed by atoms with Crippen molar-refractivity contribution in [2.75, 3.05) is 14.7 Å². The minimum atomic E-state index is -0.662. The van der Waals surface area contributed by atoms with Gasteiger partial charge in [0.1, 0.15) is 0 Å². The predicted octanol–water partition coefficient (Wildman–Crippen LogP) is 38.7. The zero-order valence-electron chi connectivity index (χ0n) is 78.5. The molecule has 0 radical (unpaired) electrons. The van der Waals surface area contributed by atoms with Gasteiger partial charge in [0.05, 0.1) is 39.3 Å². The molecule has 0 aromatic heterocycles. The molecule has 0 amide bonds. The molecule has 3 nitrogen and oxygen atoms in total. The first-order valence-electron chi connectivity index (χ1n) is 49.4. The van der Waals surface area contributed by atoms with Crippen molar-refractivity contribution >= 4 is 110 Å². The molecule has 2 aliphatic heterocycles. The SMILES string of the molecule is Brc1cc2c(c3ccccc13)-c1c(ccc3ccccc13)C21c2ccccc2N(c2ccccc2)c2ccccc21.C.[2HH].c1ccc(-c2ccc(-c3ccc(N(c4ccc(-c5ccccc5)cc4)c4cc5c(c6ccccc46)-c4c(ccc6ccccc46)C54c5ccccc5N(c5ccccc5)c5ccccc54)cc3)cc2)cc1.c1ccc(-c2ccc(Cc3ccc(-c4ccc(-c5ccccc5)cc4)cc3)cc2)cc1. The molecule has 4 heteroatoms. The van der Waals surface area contributed by atoms with Gasteiger partial charge < -0.3 is 14.7 Å². The Labute approximate surface area is 851 Å². The van der Waals surface area contributed by atoms with E-state index in [1.165, 1.54) is 216 Å². The van der Waals surface area contributed by atoms with Crippen LogP contribution in [0.2, 0.25) is 0 Å². The summed E-state index contributed by atoms with van der Waals surface area (Å²) in [7, 11) is 0. The second-order valence-electron chi connectivity index (χ2n) is 37.6. The van der Waals surface area contributed by atoms with E-state index in [0.717, 1.165) is 33.6 Å². The van der Waals surface area contributed by atoms with E-state index in [1.807, 2.05) is 0 Å². The lowest BCUT2D eigenvalue weighted by Crippen LogP contribution is -2.36. The highest BCUT2D eigenvalue weighted by Crippen LogP contribution is 2.69. The normalized spacial score (nSPS) is 12.7. The summed E-state index contributed by atoms with van der Waals surface area (Å²) >= 11 is 4.01. The third-order valence-electron chi connectivity index (χ3n) is 29.9. The van der Waals surface area contributed by atoms with Crippen LogP contribution < -0.4 is 14.7 Å². The van der Waals surface area contributed by atoms with Gasteiger partial charge in [0.15, 0.2) is 0 Å². The molecule has 0 fully saturated rings. The lowest BCUT2D eigenvalue weighted by atomic mass is 9.64. The van der Waals surface area contributed by atoms with Crippen molar-refractivity contribution in [1.29, 1.82) is 0 Å². The Morgan fingerprint density at radius 3 is 0.778 bits per heavy atom. The maximum atomic E-state index is 4.01. The fourth-order valence-corrected chi connectivity index (χ4v) is 24.1. The van der Waals surface area contributed by atoms with Crippen molar-refractivity contribution in [3.8, 4) is 89.0 Å². The van der Waals surface area contributed by atoms with Gasteiger partial charge in [0.2, 0.25) is 0 Å². The van der Waals surface area contributed by atoms with E-state index < -0.39 is 10.8 Å². The smallest absolute Gasteiger partial charge is 0.0755 e. The molecule has 24 aromatic carbocycles. The molecule has 24 aromatic rings. The Morgan fingerprint density at radius 2 is 0.438 bits per heavy atom. The molecule has 682 valence electrons. The lowest BCUT2D eigenvalue weighted by molar-refractivity contribution is 0.753. The molecule has 0 saturated heterocycles. The molecule has 4 aliphatic rings. The van der Waals surface area contributed by atoms with Crippen LogP contribution in [-0.4, -0.2) is 0 Å². The third-order valence-corrected chi connectivity index (χ3v) is 30.5. The van der Waals surface area contributed by atoms with Gasteiger partial charge in [-0.15, -0.1) is 0 Å². The van der Waals surface area contributed by atoms with Gasteiger partial charge in [-0.3, -0.25) is 0 Å². The molecule has 2 heterocycles. The number of rotatable bonds is 13. The number of hydrogen-bond donors (Lipinski definition) is 0. The van der Waals surface area contributed by atoms with Gasteiger partial charge in [-0.1, -0.05) is 497 Å². The Bertz CT molecular complexity index is 8840. The topological polar surface area (TPSA) is 9.72 Å². The van der Waals surface area contributed by atoms with Crippen molar-refractivity contribution in [3.05, 3.63) is 618 Å². The third kappa shape index (κ3) is 14.9. The first-order chi connectivity index (χ1) is 70.9. The van der Waals surface area contributed by atoms with Gasteiger partial charge >= 0.3 is 0 Å². The average molecular weight is 1910 g/mol. The Morgan fingerprint density at radius 1 is 0.194 bits per heavy atom. The van der Waals surface area contributed by atoms with Gasteiger partial charge in [0, 0.05) is 34.0 Å². The molecule has 0 unspecified atom stereocenters. The number of para-hydroxylation sites is 6. The van der Waals surface area contributed by atoms with Crippen molar-refractivity contribution in [1.82, 2.24) is 0 Å². The maximum Gasteiger partial charge on any atom is 0.0755 e. The van der Waals surface area contributed by atoms with Gasteiger partial charge in [0.25, 0.3) is 0 Å². The highest BCUT2D eigenvalue weighted by molar-refractivity contribution is 9.10. The fraction of sp³-hybridized carbons (Fsp3) is 0.0286. The van der Waals surface area contributed by atoms with Crippen molar-refractivity contribution < 1.29 is 1.43 Å². The number of anilines is 9. The zero-order valence-corrected chi connectivity index (χ0v) is 80.1. The van der Waals surface area contributed by atoms with Crippen LogP contribution in [0, 0.1) is 0 Å². The molecule has 0 N–H and O–H groups in total. The fourth-order valence-electron chi connectivity index (χ4n) is 23.5. The van der Waals surface area contributed by atoms with Crippen LogP contribution in [0.25, 0.3) is 132 Å². The predicted molar refractivity (Wildman–Crippen MR) is 614 cm³/mol. The molecule has 0 saturated carbocycles. The van der Waals surface area contributed by atoms with Crippen LogP contribution in [0.1, 0.15) is 64.5 Å². The zero-order chi connectivity index (χ0) is 94.9. The number of nitrogens with zero attached hydrogens (tertiary/aromatic N) is 3. The Balaban J connectivity index is 0.000000129. The van der Waals surface area contributed by atoms with Gasteiger partial charge in [-0.25, -0.2) is 0 Å². The summed E-state index contributed by atoms with van der Waals surface area (Å²) in [6.07, 6.45) is 0.947. The standard InChI is InChI=1S/C69H46N2.C39H24BrN.C31H24.CH4.H2/c1-4-18-47(19-5-1)49-32-34-50(35-33-49)52-38-43-56(44-39-52)70(55-41-36-51(37-42-55)48-20-6-2-7-21-48)66-46-63-68(59-27-13-12-26-58(59)66)67-57-25-11-10-22-53(57)40-45-62(67)69(63)60-28-14-16-30-64(60)71(54-23-8-3-9-24-54)65-31-17-15-29-61(65)69;40-34-24-33-38(29-17-7-6-16-28(29)34)37-27-15-5-4-12-25(27)22-23-32(37)39(33)30-18-8-10-20-35(30)41(26-13-2-1-3-14-26)36-21-11-9-19-31(36)39;1-3-7-26(8-4-1)28-15-11-24(12-16-28)23-25-13-17-29(18-14-25)31-21-19-30(20-22-31)27-9-5-2-6-10-27;;/h1-46H;1-24H;1-22H,23H2;1H4;1H/i;;;;1+1. The largest absolute Gasteiger partial charge is 0.310 e. The molecule has 28 rings (SSSR count). The van der Waals surface area contributed by atoms with Crippen LogP contribution >= 0.6 is 15.9 Å². The second kappa shape index (κ2) is 37.1. The minimum Gasteiger partial charge on any atom is -0.310 e. The second-order valence-corrected chi connectivity index (χ2v) is 38.5. The molecule has 0 bridgehead atoms. The summed E-state index contributed by atoms with van der Waals surface area (Å²) in [6, 6.07) is 204. The van der Waals surface area contributed by atoms with Crippen molar-refractivity contribution in [3.63, 3.8) is 0 Å². The summed E-state index contributed by atoms with van der Waals surface area (Å²) in [5.74, 6) is 0.